The van der Waals surface area contributed by atoms with Crippen molar-refractivity contribution in [3.63, 3.8) is 0 Å². The van der Waals surface area contributed by atoms with E-state index in [-0.39, 0.29) is 23.6 Å². The van der Waals surface area contributed by atoms with Crippen molar-refractivity contribution in [3.05, 3.63) is 0 Å². The smallest absolute Gasteiger partial charge is 1.00 e. The van der Waals surface area contributed by atoms with E-state index in [1.165, 1.54) is 11.8 Å². The Morgan fingerprint density at radius 1 is 2.00 bits per heavy atom. The van der Waals surface area contributed by atoms with E-state index in [0.29, 0.717) is 0 Å². The van der Waals surface area contributed by atoms with Gasteiger partial charge in [-0.1, -0.05) is 11.8 Å². The molecule has 0 aromatic carbocycles. The summed E-state index contributed by atoms with van der Waals surface area (Å²) < 4.78 is 0. The van der Waals surface area contributed by atoms with Crippen LogP contribution in [-0.4, -0.2) is 11.4 Å². The fourth-order valence-corrected chi connectivity index (χ4v) is 0. The molecular weight excluding hydrogens is 164 g/mol. The molecule has 0 unspecified atom stereocenters. The van der Waals surface area contributed by atoms with Gasteiger partial charge in [0.1, 0.15) is 0 Å². The zero-order valence-corrected chi connectivity index (χ0v) is 5.77. The summed E-state index contributed by atoms with van der Waals surface area (Å²) in [6, 6.07) is 0. The summed E-state index contributed by atoms with van der Waals surface area (Å²) in [7, 11) is 0. The molecule has 0 fully saturated rings. The lowest BCUT2D eigenvalue weighted by molar-refractivity contribution is -0.00000143. The topological polar surface area (TPSA) is 49.9 Å². The van der Waals surface area contributed by atoms with Gasteiger partial charge in [-0.3, -0.25) is 5.41 Å². The maximum Gasteiger partial charge on any atom is 1.00 e. The second-order valence-corrected chi connectivity index (χ2v) is 1.42. The summed E-state index contributed by atoms with van der Waals surface area (Å²) in [5, 5.41) is 6.66. The molecule has 0 atom stereocenters. The fourth-order valence-electron chi connectivity index (χ4n) is 0. The van der Waals surface area contributed by atoms with Crippen LogP contribution < -0.4 is 22.7 Å². The van der Waals surface area contributed by atoms with Crippen molar-refractivity contribution >= 4 is 16.9 Å². The first-order valence-corrected chi connectivity index (χ1v) is 2.38. The van der Waals surface area contributed by atoms with Gasteiger partial charge in [0, 0.05) is 0 Å². The van der Waals surface area contributed by atoms with Crippen molar-refractivity contribution in [1.82, 2.24) is 0 Å². The van der Waals surface area contributed by atoms with E-state index in [4.69, 9.17) is 11.1 Å². The zero-order valence-electron chi connectivity index (χ0n) is 4.36. The number of hydrogen-bond acceptors (Lipinski definition) is 2. The number of halogens is 1. The Morgan fingerprint density at radius 2 is 2.17 bits per heavy atom. The average Bonchev–Trinajstić information content (AvgIpc) is 1.38. The molecular formula is C2H7BrN2S. The summed E-state index contributed by atoms with van der Waals surface area (Å²) in [5.74, 6) is 0. The summed E-state index contributed by atoms with van der Waals surface area (Å²) in [4.78, 5) is 0. The van der Waals surface area contributed by atoms with Crippen LogP contribution in [0.15, 0.2) is 0 Å². The molecule has 0 bridgehead atoms. The van der Waals surface area contributed by atoms with Crippen LogP contribution in [0.2, 0.25) is 0 Å². The van der Waals surface area contributed by atoms with Gasteiger partial charge in [-0.2, -0.15) is 0 Å². The normalized spacial score (nSPS) is 6.17. The molecule has 0 aliphatic carbocycles. The van der Waals surface area contributed by atoms with Gasteiger partial charge in [0.15, 0.2) is 5.17 Å². The van der Waals surface area contributed by atoms with Crippen LogP contribution >= 0.6 is 11.8 Å². The minimum atomic E-state index is 0. The fraction of sp³-hybridized carbons (Fsp3) is 0.500. The van der Waals surface area contributed by atoms with Crippen LogP contribution in [-0.2, 0) is 0 Å². The largest absolute Gasteiger partial charge is 1.00 e. The molecule has 4 heteroatoms. The highest BCUT2D eigenvalue weighted by atomic mass is 79.9. The van der Waals surface area contributed by atoms with Gasteiger partial charge in [-0.15, -0.1) is 0 Å². The predicted molar refractivity (Wildman–Crippen MR) is 26.5 cm³/mol. The van der Waals surface area contributed by atoms with Gasteiger partial charge < -0.3 is 22.7 Å². The van der Waals surface area contributed by atoms with E-state index < -0.39 is 0 Å². The lowest BCUT2D eigenvalue weighted by Crippen LogP contribution is -3.00. The standard InChI is InChI=1S/C2H6N2S.BrH/c1-5-2(3)4;/h1H3,(H3,3,4);1H. The maximum absolute atomic E-state index is 6.48. The third-order valence-corrected chi connectivity index (χ3v) is 0.660. The first-order valence-electron chi connectivity index (χ1n) is 1.15. The van der Waals surface area contributed by atoms with Gasteiger partial charge in [0.25, 0.3) is 0 Å². The van der Waals surface area contributed by atoms with Crippen molar-refractivity contribution in [2.45, 2.75) is 0 Å². The lowest BCUT2D eigenvalue weighted by Gasteiger charge is -1.78. The van der Waals surface area contributed by atoms with Crippen molar-refractivity contribution in [2.75, 3.05) is 6.26 Å². The molecule has 0 aromatic heterocycles. The molecule has 2 nitrogen and oxygen atoms in total. The highest BCUT2D eigenvalue weighted by molar-refractivity contribution is 8.13. The third-order valence-electron chi connectivity index (χ3n) is 0.220. The van der Waals surface area contributed by atoms with Crippen LogP contribution in [0.5, 0.6) is 0 Å². The zero-order chi connectivity index (χ0) is 4.28. The monoisotopic (exact) mass is 170 g/mol. The molecule has 0 rings (SSSR count). The molecule has 0 amide bonds. The van der Waals surface area contributed by atoms with E-state index in [1.54, 1.807) is 6.26 Å². The number of hydrogen-bond donors (Lipinski definition) is 2. The Kier molecular flexibility index (Phi) is 8.45. The van der Waals surface area contributed by atoms with E-state index in [2.05, 4.69) is 0 Å². The van der Waals surface area contributed by atoms with E-state index >= 15 is 0 Å². The van der Waals surface area contributed by atoms with Crippen LogP contribution in [0.1, 0.15) is 1.43 Å². The number of nitrogens with two attached hydrogens (primary N) is 1. The quantitative estimate of drug-likeness (QED) is 0.309. The van der Waals surface area contributed by atoms with Gasteiger partial charge in [-0.05, 0) is 6.26 Å². The second-order valence-electron chi connectivity index (χ2n) is 0.568. The van der Waals surface area contributed by atoms with Gasteiger partial charge in [0.2, 0.25) is 0 Å². The van der Waals surface area contributed by atoms with Gasteiger partial charge in [0.05, 0.1) is 0 Å². The Balaban J connectivity index is -0.0000000800. The summed E-state index contributed by atoms with van der Waals surface area (Å²) >= 11 is 1.24. The Bertz CT molecular complexity index is 51.0. The molecule has 0 aliphatic rings. The highest BCUT2D eigenvalue weighted by Crippen LogP contribution is 1.83. The molecule has 0 saturated carbocycles. The van der Waals surface area contributed by atoms with E-state index in [1.807, 2.05) is 0 Å². The average molecular weight is 171 g/mol. The van der Waals surface area contributed by atoms with Crippen LogP contribution in [0.4, 0.5) is 0 Å². The molecule has 3 N–H and O–H groups in total. The van der Waals surface area contributed by atoms with Crippen molar-refractivity contribution in [2.24, 2.45) is 5.73 Å². The van der Waals surface area contributed by atoms with Gasteiger partial charge in [-0.25, -0.2) is 0 Å². The molecule has 0 aliphatic heterocycles. The predicted octanol–water partition coefficient (Wildman–Crippen LogP) is -2.64. The van der Waals surface area contributed by atoms with Gasteiger partial charge >= 0.3 is 1.43 Å². The first-order chi connectivity index (χ1) is 2.27. The van der Waals surface area contributed by atoms with Crippen LogP contribution in [0, 0.1) is 5.41 Å². The number of nitrogens with one attached hydrogen (secondary N) is 1. The summed E-state index contributed by atoms with van der Waals surface area (Å²) in [6.07, 6.45) is 1.77. The van der Waals surface area contributed by atoms with Crippen LogP contribution in [0.3, 0.4) is 0 Å². The molecule has 0 radical (unpaired) electrons. The summed E-state index contributed by atoms with van der Waals surface area (Å²) in [5.41, 5.74) is 4.84. The molecule has 0 saturated heterocycles. The lowest BCUT2D eigenvalue weighted by atomic mass is 11.4. The molecule has 38 valence electrons. The first kappa shape index (κ1) is 9.57. The van der Waals surface area contributed by atoms with E-state index in [9.17, 15) is 0 Å². The molecule has 6 heavy (non-hydrogen) atoms. The van der Waals surface area contributed by atoms with Crippen LogP contribution in [0.25, 0.3) is 0 Å². The third kappa shape index (κ3) is 8.85. The Hall–Kier alpha value is 0.300. The molecule has 0 heterocycles. The highest BCUT2D eigenvalue weighted by Gasteiger charge is 1.71. The molecule has 0 aromatic rings. The summed E-state index contributed by atoms with van der Waals surface area (Å²) in [6.45, 7) is 0. The number of rotatable bonds is 0. The van der Waals surface area contributed by atoms with Crippen molar-refractivity contribution in [1.29, 1.82) is 5.41 Å². The SMILES string of the molecule is CSC(=N)N.[Br-].[H+]. The minimum Gasteiger partial charge on any atom is -1.00 e. The molecule has 0 spiro atoms. The van der Waals surface area contributed by atoms with Crippen molar-refractivity contribution in [3.8, 4) is 0 Å². The maximum atomic E-state index is 6.48. The Morgan fingerprint density at radius 3 is 2.17 bits per heavy atom. The minimum absolute atomic E-state index is 0. The van der Waals surface area contributed by atoms with Crippen molar-refractivity contribution < 1.29 is 18.4 Å². The van der Waals surface area contributed by atoms with E-state index in [0.717, 1.165) is 0 Å². The second kappa shape index (κ2) is 5.30. The number of amidine groups is 1. The number of thioether (sulfide) groups is 1. The Labute approximate surface area is 53.3 Å².